The van der Waals surface area contributed by atoms with Crippen molar-refractivity contribution in [2.75, 3.05) is 13.1 Å². The Morgan fingerprint density at radius 2 is 2.31 bits per heavy atom. The minimum Gasteiger partial charge on any atom is -0.334 e. The van der Waals surface area contributed by atoms with Crippen molar-refractivity contribution in [3.05, 3.63) is 40.7 Å². The molecule has 0 N–H and O–H groups in total. The second-order valence-corrected chi connectivity index (χ2v) is 4.32. The number of pyridine rings is 1. The Morgan fingerprint density at radius 1 is 1.50 bits per heavy atom. The van der Waals surface area contributed by atoms with Crippen molar-refractivity contribution in [2.24, 2.45) is 0 Å². The summed E-state index contributed by atoms with van der Waals surface area (Å²) in [6.07, 6.45) is 4.63. The molecule has 0 spiro atoms. The number of carbonyl (C=O) groups is 1. The van der Waals surface area contributed by atoms with Crippen molar-refractivity contribution < 1.29 is 4.79 Å². The Morgan fingerprint density at radius 3 is 2.94 bits per heavy atom. The summed E-state index contributed by atoms with van der Waals surface area (Å²) >= 11 is 5.68. The Labute approximate surface area is 99.7 Å². The number of hydrogen-bond donors (Lipinski definition) is 0. The molecule has 1 aromatic heterocycles. The van der Waals surface area contributed by atoms with E-state index < -0.39 is 0 Å². The fourth-order valence-corrected chi connectivity index (χ4v) is 1.88. The molecule has 3 nitrogen and oxygen atoms in total. The highest BCUT2D eigenvalue weighted by atomic mass is 35.5. The van der Waals surface area contributed by atoms with Gasteiger partial charge < -0.3 is 4.90 Å². The largest absolute Gasteiger partial charge is 0.334 e. The van der Waals surface area contributed by atoms with Gasteiger partial charge in [0.05, 0.1) is 5.56 Å². The molecule has 1 amide bonds. The molecular weight excluding hydrogens is 224 g/mol. The summed E-state index contributed by atoms with van der Waals surface area (Å²) in [5.41, 5.74) is 1.83. The van der Waals surface area contributed by atoms with Gasteiger partial charge >= 0.3 is 0 Å². The van der Waals surface area contributed by atoms with Gasteiger partial charge in [-0.1, -0.05) is 23.3 Å². The number of rotatable bonds is 1. The van der Waals surface area contributed by atoms with Gasteiger partial charge in [0.2, 0.25) is 0 Å². The predicted molar refractivity (Wildman–Crippen MR) is 63.5 cm³/mol. The summed E-state index contributed by atoms with van der Waals surface area (Å²) in [5.74, 6) is 0.0246. The molecule has 0 saturated carbocycles. The molecule has 1 aliphatic rings. The lowest BCUT2D eigenvalue weighted by atomic mass is 10.1. The van der Waals surface area contributed by atoms with E-state index >= 15 is 0 Å². The standard InChI is InChI=1S/C12H13ClN2O/c1-9-3-2-6-15(8-9)12(16)10-4-5-11(13)14-7-10/h3-5,7H,2,6,8H2,1H3. The zero-order chi connectivity index (χ0) is 11.5. The molecule has 1 aliphatic heterocycles. The number of carbonyl (C=O) groups excluding carboxylic acids is 1. The van der Waals surface area contributed by atoms with Crippen molar-refractivity contribution in [3.8, 4) is 0 Å². The Bertz CT molecular complexity index is 425. The van der Waals surface area contributed by atoms with Gasteiger partial charge in [0.1, 0.15) is 5.15 Å². The number of aromatic nitrogens is 1. The van der Waals surface area contributed by atoms with Crippen LogP contribution in [0.25, 0.3) is 0 Å². The smallest absolute Gasteiger partial charge is 0.255 e. The molecule has 0 radical (unpaired) electrons. The van der Waals surface area contributed by atoms with Crippen LogP contribution in [-0.2, 0) is 0 Å². The fourth-order valence-electron chi connectivity index (χ4n) is 1.77. The van der Waals surface area contributed by atoms with Crippen molar-refractivity contribution in [3.63, 3.8) is 0 Å². The van der Waals surface area contributed by atoms with E-state index in [-0.39, 0.29) is 5.91 Å². The fraction of sp³-hybridized carbons (Fsp3) is 0.333. The number of amides is 1. The first-order chi connectivity index (χ1) is 7.66. The van der Waals surface area contributed by atoms with E-state index in [0.717, 1.165) is 13.0 Å². The van der Waals surface area contributed by atoms with Gasteiger partial charge in [-0.05, 0) is 25.5 Å². The minimum absolute atomic E-state index is 0.0246. The summed E-state index contributed by atoms with van der Waals surface area (Å²) in [4.78, 5) is 17.8. The van der Waals surface area contributed by atoms with E-state index in [0.29, 0.717) is 17.3 Å². The van der Waals surface area contributed by atoms with E-state index in [1.165, 1.54) is 11.8 Å². The summed E-state index contributed by atoms with van der Waals surface area (Å²) in [6.45, 7) is 3.53. The molecule has 0 aromatic carbocycles. The molecule has 0 saturated heterocycles. The molecule has 0 bridgehead atoms. The zero-order valence-corrected chi connectivity index (χ0v) is 9.87. The lowest BCUT2D eigenvalue weighted by molar-refractivity contribution is 0.0765. The monoisotopic (exact) mass is 236 g/mol. The average Bonchev–Trinajstić information content (AvgIpc) is 2.29. The number of hydrogen-bond acceptors (Lipinski definition) is 2. The quantitative estimate of drug-likeness (QED) is 0.555. The summed E-state index contributed by atoms with van der Waals surface area (Å²) in [6, 6.07) is 3.35. The maximum atomic E-state index is 12.1. The molecule has 1 aromatic rings. The van der Waals surface area contributed by atoms with Gasteiger partial charge in [-0.3, -0.25) is 4.79 Å². The van der Waals surface area contributed by atoms with Crippen molar-refractivity contribution in [1.29, 1.82) is 0 Å². The molecule has 2 rings (SSSR count). The van der Waals surface area contributed by atoms with Crippen LogP contribution >= 0.6 is 11.6 Å². The molecule has 0 fully saturated rings. The van der Waals surface area contributed by atoms with Gasteiger partial charge in [0.25, 0.3) is 5.91 Å². The third-order valence-electron chi connectivity index (χ3n) is 2.59. The van der Waals surface area contributed by atoms with Crippen LogP contribution in [0.4, 0.5) is 0 Å². The predicted octanol–water partition coefficient (Wildman–Crippen LogP) is 2.53. The van der Waals surface area contributed by atoms with Crippen LogP contribution in [0.3, 0.4) is 0 Å². The number of halogens is 1. The van der Waals surface area contributed by atoms with Crippen molar-refractivity contribution in [2.45, 2.75) is 13.3 Å². The second kappa shape index (κ2) is 4.66. The van der Waals surface area contributed by atoms with Crippen LogP contribution in [-0.4, -0.2) is 28.9 Å². The zero-order valence-electron chi connectivity index (χ0n) is 9.11. The molecule has 0 unspecified atom stereocenters. The highest BCUT2D eigenvalue weighted by molar-refractivity contribution is 6.29. The van der Waals surface area contributed by atoms with Crippen molar-refractivity contribution in [1.82, 2.24) is 9.88 Å². The minimum atomic E-state index is 0.0246. The first kappa shape index (κ1) is 11.1. The van der Waals surface area contributed by atoms with Crippen molar-refractivity contribution >= 4 is 17.5 Å². The molecule has 4 heteroatoms. The van der Waals surface area contributed by atoms with Gasteiger partial charge in [0, 0.05) is 19.3 Å². The van der Waals surface area contributed by atoms with Gasteiger partial charge in [-0.15, -0.1) is 0 Å². The lowest BCUT2D eigenvalue weighted by Gasteiger charge is -2.26. The molecule has 16 heavy (non-hydrogen) atoms. The van der Waals surface area contributed by atoms with Crippen LogP contribution in [0.15, 0.2) is 30.0 Å². The first-order valence-corrected chi connectivity index (χ1v) is 5.61. The van der Waals surface area contributed by atoms with Crippen LogP contribution in [0.2, 0.25) is 5.15 Å². The summed E-state index contributed by atoms with van der Waals surface area (Å²) < 4.78 is 0. The highest BCUT2D eigenvalue weighted by Gasteiger charge is 2.18. The van der Waals surface area contributed by atoms with E-state index in [9.17, 15) is 4.79 Å². The van der Waals surface area contributed by atoms with E-state index in [1.807, 2.05) is 11.8 Å². The molecule has 0 aliphatic carbocycles. The maximum absolute atomic E-state index is 12.1. The normalized spacial score (nSPS) is 15.9. The van der Waals surface area contributed by atoms with E-state index in [4.69, 9.17) is 11.6 Å². The van der Waals surface area contributed by atoms with Gasteiger partial charge in [0.15, 0.2) is 0 Å². The SMILES string of the molecule is CC1=CCCN(C(=O)c2ccc(Cl)nc2)C1. The summed E-state index contributed by atoms with van der Waals surface area (Å²) in [7, 11) is 0. The Kier molecular flexibility index (Phi) is 3.25. The van der Waals surface area contributed by atoms with E-state index in [2.05, 4.69) is 11.1 Å². The Hall–Kier alpha value is -1.35. The average molecular weight is 237 g/mol. The molecule has 84 valence electrons. The topological polar surface area (TPSA) is 33.2 Å². The molecular formula is C12H13ClN2O. The van der Waals surface area contributed by atoms with Crippen LogP contribution < -0.4 is 0 Å². The van der Waals surface area contributed by atoms with Crippen LogP contribution in [0, 0.1) is 0 Å². The summed E-state index contributed by atoms with van der Waals surface area (Å²) in [5, 5.41) is 0.409. The van der Waals surface area contributed by atoms with Gasteiger partial charge in [-0.25, -0.2) is 4.98 Å². The molecule has 0 atom stereocenters. The number of nitrogens with zero attached hydrogens (tertiary/aromatic N) is 2. The third-order valence-corrected chi connectivity index (χ3v) is 2.82. The van der Waals surface area contributed by atoms with Crippen LogP contribution in [0.1, 0.15) is 23.7 Å². The second-order valence-electron chi connectivity index (χ2n) is 3.94. The third kappa shape index (κ3) is 2.42. The Balaban J connectivity index is 2.13. The lowest BCUT2D eigenvalue weighted by Crippen LogP contribution is -2.35. The van der Waals surface area contributed by atoms with E-state index in [1.54, 1.807) is 12.1 Å². The first-order valence-electron chi connectivity index (χ1n) is 5.23. The van der Waals surface area contributed by atoms with Gasteiger partial charge in [-0.2, -0.15) is 0 Å². The highest BCUT2D eigenvalue weighted by Crippen LogP contribution is 2.13. The molecule has 2 heterocycles. The van der Waals surface area contributed by atoms with Crippen LogP contribution in [0.5, 0.6) is 0 Å². The maximum Gasteiger partial charge on any atom is 0.255 e.